The molecule has 0 radical (unpaired) electrons. The maximum Gasteiger partial charge on any atom is 0.0110 e. The van der Waals surface area contributed by atoms with E-state index in [1.54, 1.807) is 0 Å². The van der Waals surface area contributed by atoms with Gasteiger partial charge in [0.2, 0.25) is 0 Å². The Morgan fingerprint density at radius 2 is 1.60 bits per heavy atom. The lowest BCUT2D eigenvalue weighted by Gasteiger charge is -2.32. The van der Waals surface area contributed by atoms with Crippen molar-refractivity contribution in [3.8, 4) is 0 Å². The van der Waals surface area contributed by atoms with Crippen LogP contribution in [0.2, 0.25) is 0 Å². The van der Waals surface area contributed by atoms with Gasteiger partial charge in [-0.05, 0) is 32.1 Å². The minimum Gasteiger partial charge on any atom is -0.313 e. The molecule has 20 heavy (non-hydrogen) atoms. The molecule has 0 aromatic heterocycles. The maximum absolute atomic E-state index is 3.71. The molecule has 1 N–H and O–H groups in total. The molecule has 0 aliphatic carbocycles. The Labute approximate surface area is 128 Å². The minimum atomic E-state index is 0.671. The van der Waals surface area contributed by atoms with Gasteiger partial charge in [-0.3, -0.25) is 4.90 Å². The number of hydrogen-bond donors (Lipinski definition) is 1. The topological polar surface area (TPSA) is 15.3 Å². The third-order valence-electron chi connectivity index (χ3n) is 4.19. The second-order valence-corrected chi connectivity index (χ2v) is 6.71. The van der Waals surface area contributed by atoms with Gasteiger partial charge in [-0.25, -0.2) is 0 Å². The second kappa shape index (κ2) is 12.6. The number of nitrogens with zero attached hydrogens (tertiary/aromatic N) is 1. The van der Waals surface area contributed by atoms with Crippen molar-refractivity contribution in [3.63, 3.8) is 0 Å². The molecular weight excluding hydrogens is 244 g/mol. The number of rotatable bonds is 13. The summed E-state index contributed by atoms with van der Waals surface area (Å²) >= 11 is 0. The summed E-state index contributed by atoms with van der Waals surface area (Å²) in [6.45, 7) is 17.5. The van der Waals surface area contributed by atoms with Gasteiger partial charge in [0.1, 0.15) is 0 Å². The molecule has 1 unspecified atom stereocenters. The monoisotopic (exact) mass is 284 g/mol. The van der Waals surface area contributed by atoms with E-state index in [4.69, 9.17) is 0 Å². The summed E-state index contributed by atoms with van der Waals surface area (Å²) in [6, 6.07) is 1.43. The predicted octanol–water partition coefficient (Wildman–Crippen LogP) is 4.69. The highest BCUT2D eigenvalue weighted by Gasteiger charge is 2.15. The third-order valence-corrected chi connectivity index (χ3v) is 4.19. The molecule has 0 aromatic carbocycles. The Hall–Kier alpha value is -0.0800. The van der Waals surface area contributed by atoms with Crippen LogP contribution in [0.25, 0.3) is 0 Å². The first-order valence-electron chi connectivity index (χ1n) is 9.02. The van der Waals surface area contributed by atoms with E-state index in [1.807, 2.05) is 0 Å². The van der Waals surface area contributed by atoms with Crippen molar-refractivity contribution >= 4 is 0 Å². The van der Waals surface area contributed by atoms with Gasteiger partial charge in [-0.1, -0.05) is 53.9 Å². The van der Waals surface area contributed by atoms with Crippen molar-refractivity contribution < 1.29 is 0 Å². The summed E-state index contributed by atoms with van der Waals surface area (Å²) in [5, 5.41) is 3.71. The van der Waals surface area contributed by atoms with Crippen LogP contribution in [0.5, 0.6) is 0 Å². The van der Waals surface area contributed by atoms with Crippen LogP contribution in [0.1, 0.15) is 80.1 Å². The lowest BCUT2D eigenvalue weighted by atomic mass is 10.1. The van der Waals surface area contributed by atoms with Crippen LogP contribution in [-0.4, -0.2) is 36.6 Å². The van der Waals surface area contributed by atoms with Crippen LogP contribution in [0.15, 0.2) is 0 Å². The van der Waals surface area contributed by atoms with E-state index < -0.39 is 0 Å². The molecule has 0 fully saturated rings. The lowest BCUT2D eigenvalue weighted by molar-refractivity contribution is 0.165. The van der Waals surface area contributed by atoms with Gasteiger partial charge in [0.05, 0.1) is 0 Å². The van der Waals surface area contributed by atoms with Crippen molar-refractivity contribution in [3.05, 3.63) is 0 Å². The summed E-state index contributed by atoms with van der Waals surface area (Å²) in [5.41, 5.74) is 0. The zero-order valence-corrected chi connectivity index (χ0v) is 15.0. The fourth-order valence-electron chi connectivity index (χ4n) is 2.95. The SMILES string of the molecule is CCCCCC(C)NCCN(CC(C)C)C(CC)CC. The molecule has 0 aromatic rings. The maximum atomic E-state index is 3.71. The van der Waals surface area contributed by atoms with E-state index in [-0.39, 0.29) is 0 Å². The normalized spacial score (nSPS) is 13.7. The molecule has 0 amide bonds. The van der Waals surface area contributed by atoms with Crippen LogP contribution < -0.4 is 5.32 Å². The van der Waals surface area contributed by atoms with Gasteiger partial charge < -0.3 is 5.32 Å². The molecular formula is C18H40N2. The first-order valence-corrected chi connectivity index (χ1v) is 9.02. The van der Waals surface area contributed by atoms with Crippen LogP contribution in [0.3, 0.4) is 0 Å². The predicted molar refractivity (Wildman–Crippen MR) is 92.4 cm³/mol. The molecule has 0 saturated heterocycles. The Kier molecular flexibility index (Phi) is 12.6. The van der Waals surface area contributed by atoms with Gasteiger partial charge in [0.15, 0.2) is 0 Å². The van der Waals surface area contributed by atoms with E-state index in [9.17, 15) is 0 Å². The lowest BCUT2D eigenvalue weighted by Crippen LogP contribution is -2.42. The molecule has 0 bridgehead atoms. The third kappa shape index (κ3) is 9.77. The fourth-order valence-corrected chi connectivity index (χ4v) is 2.95. The Morgan fingerprint density at radius 1 is 0.950 bits per heavy atom. The van der Waals surface area contributed by atoms with Crippen molar-refractivity contribution in [2.45, 2.75) is 92.2 Å². The first kappa shape index (κ1) is 19.9. The summed E-state index contributed by atoms with van der Waals surface area (Å²) in [6.07, 6.45) is 7.93. The first-order chi connectivity index (χ1) is 9.54. The molecule has 0 aliphatic heterocycles. The number of unbranched alkanes of at least 4 members (excludes halogenated alkanes) is 2. The molecule has 2 heteroatoms. The van der Waals surface area contributed by atoms with E-state index >= 15 is 0 Å². The fraction of sp³-hybridized carbons (Fsp3) is 1.00. The van der Waals surface area contributed by atoms with Gasteiger partial charge >= 0.3 is 0 Å². The van der Waals surface area contributed by atoms with Gasteiger partial charge in [-0.2, -0.15) is 0 Å². The van der Waals surface area contributed by atoms with Crippen molar-refractivity contribution in [1.82, 2.24) is 10.2 Å². The van der Waals surface area contributed by atoms with Crippen molar-refractivity contribution in [2.75, 3.05) is 19.6 Å². The summed E-state index contributed by atoms with van der Waals surface area (Å²) in [7, 11) is 0. The zero-order chi connectivity index (χ0) is 15.4. The van der Waals surface area contributed by atoms with E-state index in [0.29, 0.717) is 6.04 Å². The van der Waals surface area contributed by atoms with E-state index in [1.165, 1.54) is 51.6 Å². The van der Waals surface area contributed by atoms with E-state index in [0.717, 1.165) is 18.5 Å². The molecule has 122 valence electrons. The molecule has 2 nitrogen and oxygen atoms in total. The molecule has 0 heterocycles. The number of hydrogen-bond acceptors (Lipinski definition) is 2. The highest BCUT2D eigenvalue weighted by atomic mass is 15.2. The average Bonchev–Trinajstić information content (AvgIpc) is 2.39. The zero-order valence-electron chi connectivity index (χ0n) is 15.0. The van der Waals surface area contributed by atoms with Crippen LogP contribution in [0, 0.1) is 5.92 Å². The molecule has 1 atom stereocenters. The van der Waals surface area contributed by atoms with Crippen LogP contribution in [0.4, 0.5) is 0 Å². The molecule has 0 saturated carbocycles. The van der Waals surface area contributed by atoms with Crippen molar-refractivity contribution in [2.24, 2.45) is 5.92 Å². The summed E-state index contributed by atoms with van der Waals surface area (Å²) in [5.74, 6) is 0.762. The molecule has 0 rings (SSSR count). The standard InChI is InChI=1S/C18H40N2/c1-7-10-11-12-17(6)19-13-14-20(15-16(4)5)18(8-2)9-3/h16-19H,7-15H2,1-6H3. The highest BCUT2D eigenvalue weighted by molar-refractivity contribution is 4.72. The Balaban J connectivity index is 3.99. The van der Waals surface area contributed by atoms with Crippen LogP contribution >= 0.6 is 0 Å². The van der Waals surface area contributed by atoms with Gasteiger partial charge in [0.25, 0.3) is 0 Å². The minimum absolute atomic E-state index is 0.671. The quantitative estimate of drug-likeness (QED) is 0.494. The number of nitrogens with one attached hydrogen (secondary N) is 1. The van der Waals surface area contributed by atoms with Crippen LogP contribution in [-0.2, 0) is 0 Å². The molecule has 0 spiro atoms. The summed E-state index contributed by atoms with van der Waals surface area (Å²) < 4.78 is 0. The van der Waals surface area contributed by atoms with Gasteiger partial charge in [0, 0.05) is 31.7 Å². The summed E-state index contributed by atoms with van der Waals surface area (Å²) in [4.78, 5) is 2.69. The van der Waals surface area contributed by atoms with Crippen molar-refractivity contribution in [1.29, 1.82) is 0 Å². The Bertz CT molecular complexity index is 200. The average molecular weight is 285 g/mol. The smallest absolute Gasteiger partial charge is 0.0110 e. The Morgan fingerprint density at radius 3 is 2.10 bits per heavy atom. The van der Waals surface area contributed by atoms with E-state index in [2.05, 4.69) is 51.8 Å². The molecule has 0 aliphatic rings. The van der Waals surface area contributed by atoms with Gasteiger partial charge in [-0.15, -0.1) is 0 Å². The highest BCUT2D eigenvalue weighted by Crippen LogP contribution is 2.11. The largest absolute Gasteiger partial charge is 0.313 e. The second-order valence-electron chi connectivity index (χ2n) is 6.71.